The molecule has 1 aliphatic heterocycles. The first kappa shape index (κ1) is 20.9. The summed E-state index contributed by atoms with van der Waals surface area (Å²) in [5.74, 6) is -1.44. The summed E-state index contributed by atoms with van der Waals surface area (Å²) in [7, 11) is 4.16. The summed E-state index contributed by atoms with van der Waals surface area (Å²) in [6, 6.07) is 3.39. The molecule has 9 heteroatoms. The third-order valence-corrected chi connectivity index (χ3v) is 7.82. The van der Waals surface area contributed by atoms with Crippen molar-refractivity contribution in [2.24, 2.45) is 5.92 Å². The molecule has 0 spiro atoms. The van der Waals surface area contributed by atoms with E-state index in [0.29, 0.717) is 27.7 Å². The van der Waals surface area contributed by atoms with Gasteiger partial charge in [0.05, 0.1) is 11.8 Å². The summed E-state index contributed by atoms with van der Waals surface area (Å²) in [5, 5.41) is 15.9. The van der Waals surface area contributed by atoms with E-state index < -0.39 is 11.6 Å². The minimum atomic E-state index is -0.923. The highest BCUT2D eigenvalue weighted by Gasteiger charge is 2.41. The third-order valence-electron chi connectivity index (χ3n) is 6.77. The van der Waals surface area contributed by atoms with Crippen LogP contribution in [0.25, 0.3) is 21.7 Å². The standard InChI is InChI=1S/C21H26F2N6S/c1-12-16(8-9-28(4)21(12,2)3)29(5)20-27-26-19(30-20)15-7-6-14(17(22)18(15)23)13-10-24-25-11-13/h6-7,10-12,16H,8-9H2,1-5H3,(H,24,25). The van der Waals surface area contributed by atoms with Crippen LogP contribution in [-0.2, 0) is 0 Å². The Kier molecular flexibility index (Phi) is 5.36. The second-order valence-electron chi connectivity index (χ2n) is 8.50. The minimum Gasteiger partial charge on any atom is -0.346 e. The van der Waals surface area contributed by atoms with Crippen LogP contribution in [0.15, 0.2) is 24.5 Å². The molecular weight excluding hydrogens is 406 g/mol. The Morgan fingerprint density at radius 3 is 2.60 bits per heavy atom. The number of likely N-dealkylation sites (tertiary alicyclic amines) is 1. The van der Waals surface area contributed by atoms with Crippen LogP contribution >= 0.6 is 11.3 Å². The molecule has 2 aromatic heterocycles. The van der Waals surface area contributed by atoms with Gasteiger partial charge in [0.1, 0.15) is 0 Å². The Bertz CT molecular complexity index is 1030. The van der Waals surface area contributed by atoms with Crippen LogP contribution < -0.4 is 4.90 Å². The van der Waals surface area contributed by atoms with E-state index in [1.54, 1.807) is 12.1 Å². The van der Waals surface area contributed by atoms with E-state index in [1.807, 2.05) is 7.05 Å². The van der Waals surface area contributed by atoms with Gasteiger partial charge in [0.25, 0.3) is 0 Å². The smallest absolute Gasteiger partial charge is 0.208 e. The molecule has 3 aromatic rings. The number of nitrogens with zero attached hydrogens (tertiary/aromatic N) is 5. The lowest BCUT2D eigenvalue weighted by Gasteiger charge is -2.51. The van der Waals surface area contributed by atoms with Gasteiger partial charge in [-0.1, -0.05) is 24.3 Å². The van der Waals surface area contributed by atoms with Gasteiger partial charge in [0.15, 0.2) is 16.6 Å². The van der Waals surface area contributed by atoms with Gasteiger partial charge in [-0.15, -0.1) is 10.2 Å². The SMILES string of the molecule is CC1C(N(C)c2nnc(-c3ccc(-c4cn[nH]c4)c(F)c3F)s2)CCN(C)C1(C)C. The highest BCUT2D eigenvalue weighted by Crippen LogP contribution is 2.39. The fourth-order valence-electron chi connectivity index (χ4n) is 4.16. The molecule has 1 saturated heterocycles. The van der Waals surface area contributed by atoms with E-state index in [0.717, 1.165) is 13.0 Å². The molecule has 2 unspecified atom stereocenters. The topological polar surface area (TPSA) is 60.9 Å². The first-order chi connectivity index (χ1) is 14.2. The lowest BCUT2D eigenvalue weighted by molar-refractivity contribution is 0.0393. The van der Waals surface area contributed by atoms with Crippen molar-refractivity contribution in [2.45, 2.75) is 38.8 Å². The zero-order chi connectivity index (χ0) is 21.6. The fraction of sp³-hybridized carbons (Fsp3) is 0.476. The number of aromatic nitrogens is 4. The summed E-state index contributed by atoms with van der Waals surface area (Å²) in [6.07, 6.45) is 3.99. The summed E-state index contributed by atoms with van der Waals surface area (Å²) >= 11 is 1.28. The molecule has 30 heavy (non-hydrogen) atoms. The molecule has 2 atom stereocenters. The van der Waals surface area contributed by atoms with Crippen molar-refractivity contribution in [3.05, 3.63) is 36.2 Å². The molecular formula is C21H26F2N6S. The largest absolute Gasteiger partial charge is 0.346 e. The normalized spacial score (nSPS) is 21.7. The molecule has 0 aliphatic carbocycles. The highest BCUT2D eigenvalue weighted by molar-refractivity contribution is 7.18. The molecule has 3 heterocycles. The average Bonchev–Trinajstić information content (AvgIpc) is 3.40. The first-order valence-electron chi connectivity index (χ1n) is 9.97. The Balaban J connectivity index is 1.61. The Morgan fingerprint density at radius 1 is 1.20 bits per heavy atom. The average molecular weight is 433 g/mol. The number of benzene rings is 1. The summed E-state index contributed by atoms with van der Waals surface area (Å²) in [5.41, 5.74) is 0.834. The van der Waals surface area contributed by atoms with Crippen molar-refractivity contribution in [1.82, 2.24) is 25.3 Å². The summed E-state index contributed by atoms with van der Waals surface area (Å²) in [6.45, 7) is 7.75. The predicted molar refractivity (Wildman–Crippen MR) is 116 cm³/mol. The van der Waals surface area contributed by atoms with Gasteiger partial charge >= 0.3 is 0 Å². The molecule has 1 N–H and O–H groups in total. The van der Waals surface area contributed by atoms with Crippen LogP contribution in [0, 0.1) is 17.6 Å². The quantitative estimate of drug-likeness (QED) is 0.661. The molecule has 160 valence electrons. The number of rotatable bonds is 4. The Hall–Kier alpha value is -2.39. The zero-order valence-corrected chi connectivity index (χ0v) is 18.6. The molecule has 0 amide bonds. The van der Waals surface area contributed by atoms with Gasteiger partial charge < -0.3 is 9.80 Å². The molecule has 4 rings (SSSR count). The van der Waals surface area contributed by atoms with Gasteiger partial charge in [-0.25, -0.2) is 8.78 Å². The predicted octanol–water partition coefficient (Wildman–Crippen LogP) is 4.43. The lowest BCUT2D eigenvalue weighted by atomic mass is 9.77. The number of halogens is 2. The van der Waals surface area contributed by atoms with Crippen molar-refractivity contribution in [3.8, 4) is 21.7 Å². The maximum absolute atomic E-state index is 14.8. The van der Waals surface area contributed by atoms with E-state index in [2.05, 4.69) is 58.0 Å². The second-order valence-corrected chi connectivity index (χ2v) is 9.45. The number of piperidine rings is 1. The van der Waals surface area contributed by atoms with Crippen molar-refractivity contribution >= 4 is 16.5 Å². The van der Waals surface area contributed by atoms with Gasteiger partial charge in [-0.2, -0.15) is 5.10 Å². The number of aromatic amines is 1. The van der Waals surface area contributed by atoms with Crippen molar-refractivity contribution < 1.29 is 8.78 Å². The fourth-order valence-corrected chi connectivity index (χ4v) is 5.04. The van der Waals surface area contributed by atoms with Gasteiger partial charge in [-0.3, -0.25) is 5.10 Å². The maximum atomic E-state index is 14.8. The lowest BCUT2D eigenvalue weighted by Crippen LogP contribution is -2.59. The highest BCUT2D eigenvalue weighted by atomic mass is 32.1. The van der Waals surface area contributed by atoms with E-state index in [1.165, 1.54) is 23.7 Å². The molecule has 0 saturated carbocycles. The molecule has 1 fully saturated rings. The van der Waals surface area contributed by atoms with Crippen LogP contribution in [0.3, 0.4) is 0 Å². The van der Waals surface area contributed by atoms with Crippen molar-refractivity contribution in [1.29, 1.82) is 0 Å². The number of hydrogen-bond acceptors (Lipinski definition) is 6. The number of H-pyrrole nitrogens is 1. The molecule has 0 bridgehead atoms. The monoisotopic (exact) mass is 432 g/mol. The first-order valence-corrected chi connectivity index (χ1v) is 10.8. The van der Waals surface area contributed by atoms with Crippen LogP contribution in [-0.4, -0.2) is 57.5 Å². The van der Waals surface area contributed by atoms with Crippen LogP contribution in [0.1, 0.15) is 27.2 Å². The third kappa shape index (κ3) is 3.39. The van der Waals surface area contributed by atoms with Crippen LogP contribution in [0.4, 0.5) is 13.9 Å². The summed E-state index contributed by atoms with van der Waals surface area (Å²) < 4.78 is 29.5. The zero-order valence-electron chi connectivity index (χ0n) is 17.8. The van der Waals surface area contributed by atoms with E-state index in [-0.39, 0.29) is 16.7 Å². The molecule has 0 radical (unpaired) electrons. The summed E-state index contributed by atoms with van der Waals surface area (Å²) in [4.78, 5) is 4.52. The van der Waals surface area contributed by atoms with Gasteiger partial charge in [0.2, 0.25) is 5.13 Å². The van der Waals surface area contributed by atoms with E-state index in [4.69, 9.17) is 0 Å². The number of hydrogen-bond donors (Lipinski definition) is 1. The Morgan fingerprint density at radius 2 is 1.90 bits per heavy atom. The van der Waals surface area contributed by atoms with Crippen molar-refractivity contribution in [2.75, 3.05) is 25.5 Å². The van der Waals surface area contributed by atoms with E-state index >= 15 is 0 Å². The molecule has 1 aliphatic rings. The van der Waals surface area contributed by atoms with Crippen LogP contribution in [0.5, 0.6) is 0 Å². The van der Waals surface area contributed by atoms with Gasteiger partial charge in [0, 0.05) is 42.5 Å². The van der Waals surface area contributed by atoms with Crippen LogP contribution in [0.2, 0.25) is 0 Å². The maximum Gasteiger partial charge on any atom is 0.208 e. The number of nitrogens with one attached hydrogen (secondary N) is 1. The van der Waals surface area contributed by atoms with Gasteiger partial charge in [-0.05, 0) is 39.3 Å². The minimum absolute atomic E-state index is 0.0584. The van der Waals surface area contributed by atoms with Crippen molar-refractivity contribution in [3.63, 3.8) is 0 Å². The Labute approximate surface area is 178 Å². The van der Waals surface area contributed by atoms with E-state index in [9.17, 15) is 8.78 Å². The number of anilines is 1. The second kappa shape index (κ2) is 7.70. The molecule has 1 aromatic carbocycles. The molecule has 6 nitrogen and oxygen atoms in total.